The molecule has 0 aromatic rings. The molecule has 0 bridgehead atoms. The summed E-state index contributed by atoms with van der Waals surface area (Å²) in [5.41, 5.74) is 0. The third-order valence-electron chi connectivity index (χ3n) is 3.18. The molecule has 4 unspecified atom stereocenters. The van der Waals surface area contributed by atoms with Gasteiger partial charge in [-0.2, -0.15) is 0 Å². The molecule has 144 valence electrons. The summed E-state index contributed by atoms with van der Waals surface area (Å²) in [6, 6.07) is 0. The topological polar surface area (TPSA) is 241 Å². The summed E-state index contributed by atoms with van der Waals surface area (Å²) < 4.78 is 45.6. The molecule has 0 heterocycles. The van der Waals surface area contributed by atoms with Crippen LogP contribution in [0.1, 0.15) is 6.92 Å². The second kappa shape index (κ2) is 7.47. The lowest BCUT2D eigenvalue weighted by atomic mass is 9.79. The molecule has 17 heteroatoms. The molecule has 1 saturated carbocycles. The molecule has 0 amide bonds. The zero-order valence-electron chi connectivity index (χ0n) is 11.8. The lowest BCUT2D eigenvalue weighted by Gasteiger charge is -2.45. The van der Waals surface area contributed by atoms with Crippen molar-refractivity contribution in [3.05, 3.63) is 0 Å². The lowest BCUT2D eigenvalue weighted by molar-refractivity contribution is -0.188. The van der Waals surface area contributed by atoms with Gasteiger partial charge in [-0.25, -0.2) is 13.7 Å². The van der Waals surface area contributed by atoms with Crippen molar-refractivity contribution in [3.63, 3.8) is 0 Å². The van der Waals surface area contributed by atoms with Gasteiger partial charge in [-0.1, -0.05) is 6.92 Å². The van der Waals surface area contributed by atoms with E-state index >= 15 is 0 Å². The van der Waals surface area contributed by atoms with E-state index in [0.29, 0.717) is 0 Å². The van der Waals surface area contributed by atoms with Crippen molar-refractivity contribution < 1.29 is 66.8 Å². The molecule has 1 fully saturated rings. The highest BCUT2D eigenvalue weighted by Gasteiger charge is 2.55. The van der Waals surface area contributed by atoms with E-state index in [1.165, 1.54) is 0 Å². The van der Waals surface area contributed by atoms with Crippen molar-refractivity contribution in [1.29, 1.82) is 0 Å². The molecule has 0 aromatic carbocycles. The Hall–Kier alpha value is 0.250. The Labute approximate surface area is 134 Å². The van der Waals surface area contributed by atoms with E-state index in [-0.39, 0.29) is 0 Å². The van der Waals surface area contributed by atoms with Gasteiger partial charge in [-0.15, -0.1) is 0 Å². The fourth-order valence-corrected chi connectivity index (χ4v) is 3.90. The van der Waals surface area contributed by atoms with Crippen LogP contribution in [0.4, 0.5) is 0 Å². The van der Waals surface area contributed by atoms with Crippen LogP contribution < -0.4 is 0 Å². The number of aliphatic hydroxyl groups is 2. The normalized spacial score (nSPS) is 35.9. The molecule has 0 radical (unpaired) electrons. The number of phosphoric acid groups is 3. The third kappa shape index (κ3) is 6.52. The van der Waals surface area contributed by atoms with Gasteiger partial charge in [-0.05, 0) is 0 Å². The van der Waals surface area contributed by atoms with Gasteiger partial charge >= 0.3 is 23.5 Å². The maximum Gasteiger partial charge on any atom is 0.470 e. The van der Waals surface area contributed by atoms with E-state index < -0.39 is 59.9 Å². The average molecular weight is 418 g/mol. The first-order valence-electron chi connectivity index (χ1n) is 6.10. The summed E-state index contributed by atoms with van der Waals surface area (Å²) in [5, 5.41) is 19.9. The van der Waals surface area contributed by atoms with Gasteiger partial charge in [0.05, 0.1) is 12.2 Å². The fraction of sp³-hybridized carbons (Fsp3) is 1.00. The first-order chi connectivity index (χ1) is 10.5. The summed E-state index contributed by atoms with van der Waals surface area (Å²) in [7, 11) is -16.0. The number of hydrogen-bond donors (Lipinski definition) is 8. The summed E-state index contributed by atoms with van der Waals surface area (Å²) in [5.74, 6) is -1.31. The summed E-state index contributed by atoms with van der Waals surface area (Å²) in [4.78, 5) is 53.1. The van der Waals surface area contributed by atoms with E-state index in [2.05, 4.69) is 13.6 Å². The van der Waals surface area contributed by atoms with Crippen molar-refractivity contribution in [2.45, 2.75) is 37.4 Å². The Morgan fingerprint density at radius 2 is 0.875 bits per heavy atom. The molecule has 1 aliphatic rings. The third-order valence-corrected chi connectivity index (χ3v) is 4.73. The first kappa shape index (κ1) is 22.3. The molecule has 1 aliphatic carbocycles. The molecule has 4 atom stereocenters. The quantitative estimate of drug-likeness (QED) is 0.213. The zero-order chi connectivity index (χ0) is 19.1. The summed E-state index contributed by atoms with van der Waals surface area (Å²) >= 11 is 0. The summed E-state index contributed by atoms with van der Waals surface area (Å²) in [6.45, 7) is 1.12. The van der Waals surface area contributed by atoms with Crippen molar-refractivity contribution in [1.82, 2.24) is 0 Å². The first-order valence-corrected chi connectivity index (χ1v) is 10.7. The predicted octanol–water partition coefficient (Wildman–Crippen LogP) is -2.21. The van der Waals surface area contributed by atoms with Gasteiger partial charge in [0.15, 0.2) is 0 Å². The maximum atomic E-state index is 11.0. The van der Waals surface area contributed by atoms with Crippen LogP contribution in [0.25, 0.3) is 0 Å². The Morgan fingerprint density at radius 3 is 1.12 bits per heavy atom. The fourth-order valence-electron chi connectivity index (χ4n) is 2.22. The number of hydrogen-bond acceptors (Lipinski definition) is 8. The molecular formula is C7H17O14P3. The monoisotopic (exact) mass is 418 g/mol. The largest absolute Gasteiger partial charge is 0.470 e. The van der Waals surface area contributed by atoms with E-state index in [4.69, 9.17) is 29.4 Å². The Balaban J connectivity index is 3.32. The minimum Gasteiger partial charge on any atom is -0.390 e. The predicted molar refractivity (Wildman–Crippen MR) is 71.9 cm³/mol. The van der Waals surface area contributed by atoms with Gasteiger partial charge in [0.2, 0.25) is 0 Å². The Kier molecular flexibility index (Phi) is 6.94. The molecule has 1 rings (SSSR count). The van der Waals surface area contributed by atoms with Crippen LogP contribution in [-0.4, -0.2) is 70.1 Å². The highest BCUT2D eigenvalue weighted by atomic mass is 31.2. The van der Waals surface area contributed by atoms with E-state index in [1.807, 2.05) is 0 Å². The van der Waals surface area contributed by atoms with Crippen molar-refractivity contribution in [2.75, 3.05) is 0 Å². The number of rotatable bonds is 6. The second-order valence-electron chi connectivity index (χ2n) is 5.02. The van der Waals surface area contributed by atoms with Crippen LogP contribution in [0.3, 0.4) is 0 Å². The highest BCUT2D eigenvalue weighted by Crippen LogP contribution is 2.50. The van der Waals surface area contributed by atoms with E-state index in [0.717, 1.165) is 6.92 Å². The average Bonchev–Trinajstić information content (AvgIpc) is 2.32. The Bertz CT molecular complexity index is 537. The van der Waals surface area contributed by atoms with Gasteiger partial charge in [0.1, 0.15) is 18.3 Å². The smallest absolute Gasteiger partial charge is 0.390 e. The number of aliphatic hydroxyl groups excluding tert-OH is 2. The lowest BCUT2D eigenvalue weighted by Crippen LogP contribution is -2.62. The van der Waals surface area contributed by atoms with Crippen LogP contribution in [0.5, 0.6) is 0 Å². The van der Waals surface area contributed by atoms with Crippen molar-refractivity contribution >= 4 is 23.5 Å². The van der Waals surface area contributed by atoms with Crippen LogP contribution in [0, 0.1) is 5.92 Å². The molecule has 24 heavy (non-hydrogen) atoms. The minimum absolute atomic E-state index is 1.12. The van der Waals surface area contributed by atoms with E-state index in [9.17, 15) is 23.9 Å². The highest BCUT2D eigenvalue weighted by molar-refractivity contribution is 7.47. The molecule has 0 aromatic heterocycles. The number of phosphoric ester groups is 3. The molecule has 0 aliphatic heterocycles. The molecular weight excluding hydrogens is 401 g/mol. The van der Waals surface area contributed by atoms with Crippen LogP contribution in [0.2, 0.25) is 0 Å². The van der Waals surface area contributed by atoms with Gasteiger partial charge < -0.3 is 39.6 Å². The van der Waals surface area contributed by atoms with Crippen molar-refractivity contribution in [2.24, 2.45) is 5.92 Å². The zero-order valence-corrected chi connectivity index (χ0v) is 14.5. The molecule has 8 N–H and O–H groups in total. The molecule has 0 spiro atoms. The molecule has 0 saturated heterocycles. The van der Waals surface area contributed by atoms with Gasteiger partial charge in [0.25, 0.3) is 0 Å². The van der Waals surface area contributed by atoms with Crippen LogP contribution >= 0.6 is 23.5 Å². The van der Waals surface area contributed by atoms with Gasteiger partial charge in [0, 0.05) is 5.92 Å². The minimum atomic E-state index is -5.40. The summed E-state index contributed by atoms with van der Waals surface area (Å²) in [6.07, 6.45) is -10.5. The van der Waals surface area contributed by atoms with Crippen molar-refractivity contribution in [3.8, 4) is 0 Å². The van der Waals surface area contributed by atoms with E-state index in [1.54, 1.807) is 0 Å². The van der Waals surface area contributed by atoms with Gasteiger partial charge in [-0.3, -0.25) is 13.6 Å². The van der Waals surface area contributed by atoms with Crippen LogP contribution in [-0.2, 0) is 27.3 Å². The Morgan fingerprint density at radius 1 is 0.625 bits per heavy atom. The van der Waals surface area contributed by atoms with Crippen LogP contribution in [0.15, 0.2) is 0 Å². The molecule has 14 nitrogen and oxygen atoms in total. The standard InChI is InChI=1S/C7H17O14P3/c1-2-3(8)5(19-22(10,11)12)7(21-24(16,17)18)6(4(2)9)20-23(13,14)15/h2-9H,1H3,(H2,10,11,12)(H2,13,14,15)(H2,16,17,18). The second-order valence-corrected chi connectivity index (χ2v) is 8.60. The maximum absolute atomic E-state index is 11.0. The SMILES string of the molecule is CC1C(O)C(OP(=O)(O)O)C(OP(=O)(O)O)C(OP(=O)(O)O)C1O.